The molecule has 0 aliphatic carbocycles. The van der Waals surface area contributed by atoms with Crippen molar-refractivity contribution in [1.29, 1.82) is 0 Å². The van der Waals surface area contributed by atoms with E-state index < -0.39 is 14.9 Å². The molecule has 3 aromatic rings. The molecular formula is C24H25N3O6S. The average Bonchev–Trinajstić information content (AvgIpc) is 2.78. The Kier molecular flexibility index (Phi) is 7.64. The lowest BCUT2D eigenvalue weighted by Gasteiger charge is -2.24. The summed E-state index contributed by atoms with van der Waals surface area (Å²) in [5.41, 5.74) is 2.90. The largest absolute Gasteiger partial charge is 0.380 e. The number of anilines is 2. The van der Waals surface area contributed by atoms with Crippen molar-refractivity contribution in [3.63, 3.8) is 0 Å². The van der Waals surface area contributed by atoms with Crippen LogP contribution >= 0.6 is 0 Å². The molecule has 0 aromatic heterocycles. The molecule has 3 rings (SSSR count). The van der Waals surface area contributed by atoms with Crippen LogP contribution in [0.15, 0.2) is 66.7 Å². The van der Waals surface area contributed by atoms with Crippen LogP contribution in [0.25, 0.3) is 0 Å². The second kappa shape index (κ2) is 10.4. The summed E-state index contributed by atoms with van der Waals surface area (Å²) in [7, 11) is -2.14. The lowest BCUT2D eigenvalue weighted by Crippen LogP contribution is -2.30. The molecular weight excluding hydrogens is 458 g/mol. The minimum Gasteiger partial charge on any atom is -0.380 e. The molecule has 0 saturated heterocycles. The Morgan fingerprint density at radius 3 is 2.35 bits per heavy atom. The van der Waals surface area contributed by atoms with Gasteiger partial charge in [-0.2, -0.15) is 0 Å². The maximum absolute atomic E-state index is 12.6. The number of ether oxygens (including phenoxy) is 1. The predicted molar refractivity (Wildman–Crippen MR) is 130 cm³/mol. The summed E-state index contributed by atoms with van der Waals surface area (Å²) in [6, 6.07) is 18.1. The Labute approximate surface area is 198 Å². The Balaban J connectivity index is 1.80. The van der Waals surface area contributed by atoms with E-state index in [1.807, 2.05) is 18.2 Å². The summed E-state index contributed by atoms with van der Waals surface area (Å²) >= 11 is 0. The van der Waals surface area contributed by atoms with Gasteiger partial charge in [-0.05, 0) is 48.4 Å². The topological polar surface area (TPSA) is 119 Å². The third kappa shape index (κ3) is 5.97. The zero-order valence-corrected chi connectivity index (χ0v) is 19.8. The number of amides is 1. The normalized spacial score (nSPS) is 11.1. The molecule has 0 saturated carbocycles. The van der Waals surface area contributed by atoms with Crippen molar-refractivity contribution in [3.8, 4) is 0 Å². The van der Waals surface area contributed by atoms with Crippen LogP contribution in [0.4, 0.5) is 17.1 Å². The zero-order chi connectivity index (χ0) is 24.9. The second-order valence-electron chi connectivity index (χ2n) is 7.73. The van der Waals surface area contributed by atoms with Gasteiger partial charge in [0.15, 0.2) is 0 Å². The maximum atomic E-state index is 12.6. The number of hydrogen-bond donors (Lipinski definition) is 1. The SMILES string of the molecule is COCc1cccc(NC(=O)c2ccc(CN(c3cccc([N+](=O)[O-])c3C)S(C)(=O)=O)cc2)c1. The van der Waals surface area contributed by atoms with Gasteiger partial charge < -0.3 is 10.1 Å². The molecule has 3 aromatic carbocycles. The van der Waals surface area contributed by atoms with Gasteiger partial charge in [-0.3, -0.25) is 19.2 Å². The average molecular weight is 484 g/mol. The maximum Gasteiger partial charge on any atom is 0.274 e. The van der Waals surface area contributed by atoms with Gasteiger partial charge in [-0.1, -0.05) is 30.3 Å². The fraction of sp³-hybridized carbons (Fsp3) is 0.208. The molecule has 0 heterocycles. The molecule has 0 radical (unpaired) electrons. The summed E-state index contributed by atoms with van der Waals surface area (Å²) in [4.78, 5) is 23.4. The number of nitrogens with zero attached hydrogens (tertiary/aromatic N) is 2. The zero-order valence-electron chi connectivity index (χ0n) is 19.0. The smallest absolute Gasteiger partial charge is 0.274 e. The summed E-state index contributed by atoms with van der Waals surface area (Å²) in [6.45, 7) is 1.90. The van der Waals surface area contributed by atoms with Crippen LogP contribution in [0.2, 0.25) is 0 Å². The molecule has 1 amide bonds. The first-order valence-corrected chi connectivity index (χ1v) is 12.1. The Hall–Kier alpha value is -3.76. The van der Waals surface area contributed by atoms with Crippen LogP contribution in [0.1, 0.15) is 27.0 Å². The van der Waals surface area contributed by atoms with Gasteiger partial charge >= 0.3 is 0 Å². The molecule has 0 fully saturated rings. The summed E-state index contributed by atoms with van der Waals surface area (Å²) in [5, 5.41) is 14.1. The lowest BCUT2D eigenvalue weighted by atomic mass is 10.1. The first-order valence-electron chi connectivity index (χ1n) is 10.3. The van der Waals surface area contributed by atoms with E-state index in [4.69, 9.17) is 4.74 Å². The highest BCUT2D eigenvalue weighted by atomic mass is 32.2. The Bertz CT molecular complexity index is 1310. The van der Waals surface area contributed by atoms with Gasteiger partial charge in [0, 0.05) is 24.4 Å². The van der Waals surface area contributed by atoms with Crippen molar-refractivity contribution in [2.75, 3.05) is 23.0 Å². The first kappa shape index (κ1) is 24.9. The van der Waals surface area contributed by atoms with Crippen molar-refractivity contribution in [2.24, 2.45) is 0 Å². The van der Waals surface area contributed by atoms with Crippen molar-refractivity contribution < 1.29 is 22.9 Å². The minimum absolute atomic E-state index is 0.0399. The van der Waals surface area contributed by atoms with E-state index in [1.54, 1.807) is 37.4 Å². The summed E-state index contributed by atoms with van der Waals surface area (Å²) in [6.07, 6.45) is 1.05. The van der Waals surface area contributed by atoms with Gasteiger partial charge in [0.2, 0.25) is 10.0 Å². The number of nitro groups is 1. The molecule has 1 N–H and O–H groups in total. The molecule has 178 valence electrons. The number of hydrogen-bond acceptors (Lipinski definition) is 6. The minimum atomic E-state index is -3.74. The Morgan fingerprint density at radius 1 is 1.06 bits per heavy atom. The van der Waals surface area contributed by atoms with E-state index in [2.05, 4.69) is 5.32 Å². The van der Waals surface area contributed by atoms with E-state index in [1.165, 1.54) is 25.1 Å². The molecule has 0 bridgehead atoms. The number of nitrogens with one attached hydrogen (secondary N) is 1. The Morgan fingerprint density at radius 2 is 1.74 bits per heavy atom. The number of sulfonamides is 1. The van der Waals surface area contributed by atoms with Gasteiger partial charge in [0.1, 0.15) is 0 Å². The number of benzene rings is 3. The van der Waals surface area contributed by atoms with Crippen molar-refractivity contribution in [3.05, 3.63) is 99.1 Å². The summed E-state index contributed by atoms with van der Waals surface area (Å²) < 4.78 is 31.2. The van der Waals surface area contributed by atoms with Crippen LogP contribution in [-0.4, -0.2) is 32.6 Å². The molecule has 0 unspecified atom stereocenters. The van der Waals surface area contributed by atoms with E-state index in [0.717, 1.165) is 16.1 Å². The second-order valence-corrected chi connectivity index (χ2v) is 9.64. The van der Waals surface area contributed by atoms with Crippen LogP contribution in [0, 0.1) is 17.0 Å². The number of rotatable bonds is 9. The van der Waals surface area contributed by atoms with E-state index in [-0.39, 0.29) is 29.4 Å². The van der Waals surface area contributed by atoms with Crippen molar-refractivity contribution >= 4 is 33.0 Å². The van der Waals surface area contributed by atoms with Crippen LogP contribution in [-0.2, 0) is 27.9 Å². The molecule has 0 aliphatic heterocycles. The number of nitro benzene ring substituents is 1. The van der Waals surface area contributed by atoms with Gasteiger partial charge in [-0.25, -0.2) is 8.42 Å². The third-order valence-corrected chi connectivity index (χ3v) is 6.31. The molecule has 0 spiro atoms. The number of carbonyl (C=O) groups is 1. The molecule has 0 aliphatic rings. The summed E-state index contributed by atoms with van der Waals surface area (Å²) in [5.74, 6) is -0.310. The lowest BCUT2D eigenvalue weighted by molar-refractivity contribution is -0.385. The molecule has 0 atom stereocenters. The fourth-order valence-corrected chi connectivity index (χ4v) is 4.44. The molecule has 34 heavy (non-hydrogen) atoms. The third-order valence-electron chi connectivity index (χ3n) is 5.18. The van der Waals surface area contributed by atoms with Crippen LogP contribution in [0.5, 0.6) is 0 Å². The first-order chi connectivity index (χ1) is 16.1. The van der Waals surface area contributed by atoms with Crippen LogP contribution < -0.4 is 9.62 Å². The highest BCUT2D eigenvalue weighted by Gasteiger charge is 2.24. The van der Waals surface area contributed by atoms with E-state index in [0.29, 0.717) is 23.4 Å². The number of carbonyl (C=O) groups excluding carboxylic acids is 1. The molecule has 9 nitrogen and oxygen atoms in total. The van der Waals surface area contributed by atoms with Gasteiger partial charge in [-0.15, -0.1) is 0 Å². The van der Waals surface area contributed by atoms with Gasteiger partial charge in [0.05, 0.1) is 35.6 Å². The highest BCUT2D eigenvalue weighted by molar-refractivity contribution is 7.92. The van der Waals surface area contributed by atoms with Crippen molar-refractivity contribution in [2.45, 2.75) is 20.1 Å². The monoisotopic (exact) mass is 483 g/mol. The fourth-order valence-electron chi connectivity index (χ4n) is 3.50. The van der Waals surface area contributed by atoms with Crippen molar-refractivity contribution in [1.82, 2.24) is 0 Å². The quantitative estimate of drug-likeness (QED) is 0.359. The van der Waals surface area contributed by atoms with Gasteiger partial charge in [0.25, 0.3) is 11.6 Å². The van der Waals surface area contributed by atoms with Crippen LogP contribution in [0.3, 0.4) is 0 Å². The van der Waals surface area contributed by atoms with E-state index >= 15 is 0 Å². The highest BCUT2D eigenvalue weighted by Crippen LogP contribution is 2.31. The number of methoxy groups -OCH3 is 1. The standard InChI is InChI=1S/C24H25N3O6S/c1-17-22(8-5-9-23(17)27(29)30)26(34(3,31)32)15-18-10-12-20(13-11-18)24(28)25-21-7-4-6-19(14-21)16-33-2/h4-14H,15-16H2,1-3H3,(H,25,28). The molecule has 10 heteroatoms. The van der Waals surface area contributed by atoms with E-state index in [9.17, 15) is 23.3 Å². The predicted octanol–water partition coefficient (Wildman–Crippen LogP) is 4.27.